The number of nitrogens with two attached hydrogens (primary N) is 1. The van der Waals surface area contributed by atoms with E-state index < -0.39 is 11.8 Å². The fourth-order valence-electron chi connectivity index (χ4n) is 2.19. The number of carbonyl (C=O) groups excluding carboxylic acids is 2. The topological polar surface area (TPSA) is 105 Å². The van der Waals surface area contributed by atoms with Crippen molar-refractivity contribution in [2.75, 3.05) is 11.9 Å². The summed E-state index contributed by atoms with van der Waals surface area (Å²) in [6.45, 7) is 2.64. The maximum absolute atomic E-state index is 12.4. The molecular weight excluding hydrogens is 330 g/mol. The molecule has 3 N–H and O–H groups in total. The minimum Gasteiger partial charge on any atom is -0.494 e. The molecule has 132 valence electrons. The number of benzene rings is 2. The molecule has 0 aliphatic heterocycles. The van der Waals surface area contributed by atoms with Crippen LogP contribution in [-0.4, -0.2) is 18.4 Å². The standard InChI is InChI=1S/C20H19N3O3/c1-2-11-26-16-9-7-14(8-10-16)12-15(13-21)20(25)23-18-6-4-3-5-17(18)19(22)24/h3-10,12H,2,11H2,1H3,(H2,22,24)(H,23,25)/b15-12+. The summed E-state index contributed by atoms with van der Waals surface area (Å²) in [5, 5.41) is 11.8. The van der Waals surface area contributed by atoms with Crippen LogP contribution in [0.25, 0.3) is 6.08 Å². The smallest absolute Gasteiger partial charge is 0.266 e. The van der Waals surface area contributed by atoms with Crippen molar-refractivity contribution < 1.29 is 14.3 Å². The monoisotopic (exact) mass is 349 g/mol. The van der Waals surface area contributed by atoms with Crippen molar-refractivity contribution in [1.82, 2.24) is 0 Å². The zero-order valence-electron chi connectivity index (χ0n) is 14.4. The molecule has 0 spiro atoms. The molecule has 0 aliphatic rings. The molecule has 2 amide bonds. The van der Waals surface area contributed by atoms with Crippen molar-refractivity contribution in [1.29, 1.82) is 5.26 Å². The third-order valence-electron chi connectivity index (χ3n) is 3.47. The first-order valence-electron chi connectivity index (χ1n) is 8.10. The fourth-order valence-corrected chi connectivity index (χ4v) is 2.19. The number of primary amides is 1. The second kappa shape index (κ2) is 9.04. The summed E-state index contributed by atoms with van der Waals surface area (Å²) in [7, 11) is 0. The number of hydrogen-bond acceptors (Lipinski definition) is 4. The molecule has 0 heterocycles. The lowest BCUT2D eigenvalue weighted by Gasteiger charge is -2.08. The van der Waals surface area contributed by atoms with E-state index in [4.69, 9.17) is 10.5 Å². The van der Waals surface area contributed by atoms with Crippen LogP contribution >= 0.6 is 0 Å². The van der Waals surface area contributed by atoms with Gasteiger partial charge in [-0.3, -0.25) is 9.59 Å². The maximum Gasteiger partial charge on any atom is 0.266 e. The first-order chi connectivity index (χ1) is 12.5. The zero-order valence-corrected chi connectivity index (χ0v) is 14.4. The van der Waals surface area contributed by atoms with E-state index in [0.717, 1.165) is 12.2 Å². The molecule has 0 aromatic heterocycles. The highest BCUT2D eigenvalue weighted by molar-refractivity contribution is 6.12. The Morgan fingerprint density at radius 1 is 1.19 bits per heavy atom. The summed E-state index contributed by atoms with van der Waals surface area (Å²) < 4.78 is 5.49. The summed E-state index contributed by atoms with van der Waals surface area (Å²) in [4.78, 5) is 23.8. The number of nitrogens with one attached hydrogen (secondary N) is 1. The number of nitriles is 1. The van der Waals surface area contributed by atoms with Gasteiger partial charge in [0.25, 0.3) is 11.8 Å². The van der Waals surface area contributed by atoms with Gasteiger partial charge in [-0.05, 0) is 42.3 Å². The predicted octanol–water partition coefficient (Wildman–Crippen LogP) is 3.12. The first kappa shape index (κ1) is 18.7. The van der Waals surface area contributed by atoms with Gasteiger partial charge in [0.1, 0.15) is 17.4 Å². The molecule has 6 heteroatoms. The molecule has 0 atom stereocenters. The van der Waals surface area contributed by atoms with Crippen LogP contribution in [0.1, 0.15) is 29.3 Å². The molecule has 0 bridgehead atoms. The molecule has 2 rings (SSSR count). The van der Waals surface area contributed by atoms with Crippen molar-refractivity contribution in [3.05, 3.63) is 65.2 Å². The quantitative estimate of drug-likeness (QED) is 0.592. The Morgan fingerprint density at radius 3 is 2.50 bits per heavy atom. The zero-order chi connectivity index (χ0) is 18.9. The van der Waals surface area contributed by atoms with E-state index in [9.17, 15) is 14.9 Å². The summed E-state index contributed by atoms with van der Waals surface area (Å²) in [5.41, 5.74) is 6.32. The molecule has 0 radical (unpaired) electrons. The Hall–Kier alpha value is -3.59. The van der Waals surface area contributed by atoms with Crippen LogP contribution in [0.15, 0.2) is 54.1 Å². The second-order valence-electron chi connectivity index (χ2n) is 5.45. The number of carbonyl (C=O) groups is 2. The number of rotatable bonds is 7. The largest absolute Gasteiger partial charge is 0.494 e. The lowest BCUT2D eigenvalue weighted by Crippen LogP contribution is -2.19. The average Bonchev–Trinajstić information content (AvgIpc) is 2.65. The minimum absolute atomic E-state index is 0.0912. The highest BCUT2D eigenvalue weighted by Crippen LogP contribution is 2.18. The molecule has 0 saturated heterocycles. The highest BCUT2D eigenvalue weighted by atomic mass is 16.5. The molecule has 0 unspecified atom stereocenters. The van der Waals surface area contributed by atoms with E-state index in [1.807, 2.05) is 13.0 Å². The molecule has 0 aliphatic carbocycles. The van der Waals surface area contributed by atoms with E-state index in [2.05, 4.69) is 5.32 Å². The second-order valence-corrected chi connectivity index (χ2v) is 5.45. The van der Waals surface area contributed by atoms with Crippen molar-refractivity contribution >= 4 is 23.6 Å². The normalized spacial score (nSPS) is 10.7. The highest BCUT2D eigenvalue weighted by Gasteiger charge is 2.13. The molecule has 6 nitrogen and oxygen atoms in total. The van der Waals surface area contributed by atoms with Gasteiger partial charge in [-0.1, -0.05) is 31.2 Å². The van der Waals surface area contributed by atoms with Gasteiger partial charge < -0.3 is 15.8 Å². The van der Waals surface area contributed by atoms with Gasteiger partial charge >= 0.3 is 0 Å². The summed E-state index contributed by atoms with van der Waals surface area (Å²) >= 11 is 0. The Morgan fingerprint density at radius 2 is 1.88 bits per heavy atom. The third kappa shape index (κ3) is 4.95. The van der Waals surface area contributed by atoms with Gasteiger partial charge in [0.05, 0.1) is 17.9 Å². The predicted molar refractivity (Wildman–Crippen MR) is 99.4 cm³/mol. The van der Waals surface area contributed by atoms with E-state index >= 15 is 0 Å². The lowest BCUT2D eigenvalue weighted by atomic mass is 10.1. The number of hydrogen-bond donors (Lipinski definition) is 2. The fraction of sp³-hybridized carbons (Fsp3) is 0.150. The summed E-state index contributed by atoms with van der Waals surface area (Å²) in [6.07, 6.45) is 2.37. The Bertz CT molecular complexity index is 865. The number of nitrogens with zero attached hydrogens (tertiary/aromatic N) is 1. The van der Waals surface area contributed by atoms with Gasteiger partial charge in [-0.15, -0.1) is 0 Å². The molecular formula is C20H19N3O3. The maximum atomic E-state index is 12.4. The van der Waals surface area contributed by atoms with Gasteiger partial charge in [-0.25, -0.2) is 0 Å². The van der Waals surface area contributed by atoms with Crippen molar-refractivity contribution in [2.45, 2.75) is 13.3 Å². The molecule has 26 heavy (non-hydrogen) atoms. The average molecular weight is 349 g/mol. The number of amides is 2. The molecule has 2 aromatic rings. The Kier molecular flexibility index (Phi) is 6.52. The van der Waals surface area contributed by atoms with Gasteiger partial charge in [-0.2, -0.15) is 5.26 Å². The van der Waals surface area contributed by atoms with E-state index in [1.54, 1.807) is 42.5 Å². The summed E-state index contributed by atoms with van der Waals surface area (Å²) in [6, 6.07) is 15.3. The minimum atomic E-state index is -0.661. The van der Waals surface area contributed by atoms with Crippen LogP contribution in [-0.2, 0) is 4.79 Å². The van der Waals surface area contributed by atoms with Crippen LogP contribution in [0.4, 0.5) is 5.69 Å². The number of ether oxygens (including phenoxy) is 1. The SMILES string of the molecule is CCCOc1ccc(/C=C(\C#N)C(=O)Nc2ccccc2C(N)=O)cc1. The van der Waals surface area contributed by atoms with Gasteiger partial charge in [0.15, 0.2) is 0 Å². The molecule has 0 fully saturated rings. The van der Waals surface area contributed by atoms with Crippen LogP contribution in [0.5, 0.6) is 5.75 Å². The van der Waals surface area contributed by atoms with Crippen LogP contribution in [0.2, 0.25) is 0 Å². The van der Waals surface area contributed by atoms with Crippen molar-refractivity contribution in [3.63, 3.8) is 0 Å². The van der Waals surface area contributed by atoms with E-state index in [-0.39, 0.29) is 16.8 Å². The number of anilines is 1. The third-order valence-corrected chi connectivity index (χ3v) is 3.47. The Labute approximate surface area is 151 Å². The van der Waals surface area contributed by atoms with Crippen LogP contribution < -0.4 is 15.8 Å². The summed E-state index contributed by atoms with van der Waals surface area (Å²) in [5.74, 6) is -0.555. The first-order valence-corrected chi connectivity index (χ1v) is 8.10. The van der Waals surface area contributed by atoms with Crippen LogP contribution in [0, 0.1) is 11.3 Å². The van der Waals surface area contributed by atoms with E-state index in [1.165, 1.54) is 12.1 Å². The van der Waals surface area contributed by atoms with E-state index in [0.29, 0.717) is 12.2 Å². The van der Waals surface area contributed by atoms with Gasteiger partial charge in [0, 0.05) is 0 Å². The number of para-hydroxylation sites is 1. The van der Waals surface area contributed by atoms with Crippen molar-refractivity contribution in [2.24, 2.45) is 5.73 Å². The van der Waals surface area contributed by atoms with Gasteiger partial charge in [0.2, 0.25) is 0 Å². The molecule has 0 saturated carbocycles. The lowest BCUT2D eigenvalue weighted by molar-refractivity contribution is -0.112. The van der Waals surface area contributed by atoms with Crippen molar-refractivity contribution in [3.8, 4) is 11.8 Å². The van der Waals surface area contributed by atoms with Crippen LogP contribution in [0.3, 0.4) is 0 Å². The Balaban J connectivity index is 2.17. The molecule has 2 aromatic carbocycles.